The number of rotatable bonds is 2. The number of piperidine rings is 1. The van der Waals surface area contributed by atoms with Crippen molar-refractivity contribution < 1.29 is 14.3 Å². The second-order valence-corrected chi connectivity index (χ2v) is 6.10. The maximum absolute atomic E-state index is 12.0. The minimum Gasteiger partial charge on any atom is -0.444 e. The van der Waals surface area contributed by atoms with Gasteiger partial charge in [-0.05, 0) is 46.5 Å². The predicted molar refractivity (Wildman–Crippen MR) is 70.3 cm³/mol. The van der Waals surface area contributed by atoms with Gasteiger partial charge in [0.15, 0.2) is 0 Å². The topological polar surface area (TPSA) is 70.4 Å². The maximum Gasteiger partial charge on any atom is 0.410 e. The van der Waals surface area contributed by atoms with Crippen LogP contribution in [0.5, 0.6) is 0 Å². The molecule has 0 aliphatic carbocycles. The van der Waals surface area contributed by atoms with E-state index in [4.69, 9.17) is 10.00 Å². The molecule has 5 heteroatoms. The van der Waals surface area contributed by atoms with Gasteiger partial charge >= 0.3 is 6.09 Å². The molecule has 1 fully saturated rings. The van der Waals surface area contributed by atoms with E-state index in [0.29, 0.717) is 25.7 Å². The van der Waals surface area contributed by atoms with Crippen LogP contribution in [0.2, 0.25) is 0 Å². The van der Waals surface area contributed by atoms with Crippen LogP contribution in [-0.4, -0.2) is 35.5 Å². The minimum atomic E-state index is -0.566. The summed E-state index contributed by atoms with van der Waals surface area (Å²) in [5, 5.41) is 8.91. The van der Waals surface area contributed by atoms with Crippen molar-refractivity contribution >= 4 is 12.4 Å². The van der Waals surface area contributed by atoms with Gasteiger partial charge < -0.3 is 14.4 Å². The second kappa shape index (κ2) is 6.05. The number of aldehydes is 1. The Kier molecular flexibility index (Phi) is 4.93. The number of carbonyl (C=O) groups is 2. The molecule has 0 radical (unpaired) electrons. The van der Waals surface area contributed by atoms with Gasteiger partial charge in [0.1, 0.15) is 17.8 Å². The standard InChI is InChI=1S/C14H22N2O3/c1-10-7-11(12(8-15)9-17)5-6-16(10)13(18)19-14(2,3)4/h9-12H,5-7H2,1-4H3. The number of carbonyl (C=O) groups excluding carboxylic acids is 2. The molecule has 0 N–H and O–H groups in total. The molecule has 0 aromatic rings. The minimum absolute atomic E-state index is 0.00981. The number of amides is 1. The van der Waals surface area contributed by atoms with Crippen LogP contribution < -0.4 is 0 Å². The van der Waals surface area contributed by atoms with Crippen LogP contribution in [0.15, 0.2) is 0 Å². The first-order chi connectivity index (χ1) is 8.78. The Morgan fingerprint density at radius 1 is 1.53 bits per heavy atom. The summed E-state index contributed by atoms with van der Waals surface area (Å²) in [4.78, 5) is 24.5. The van der Waals surface area contributed by atoms with E-state index in [0.717, 1.165) is 0 Å². The van der Waals surface area contributed by atoms with Gasteiger partial charge in [0.05, 0.1) is 6.07 Å². The molecule has 0 aromatic heterocycles. The molecule has 0 bridgehead atoms. The van der Waals surface area contributed by atoms with Crippen LogP contribution in [0.4, 0.5) is 4.79 Å². The van der Waals surface area contributed by atoms with Crippen LogP contribution in [-0.2, 0) is 9.53 Å². The van der Waals surface area contributed by atoms with Crippen molar-refractivity contribution in [3.05, 3.63) is 0 Å². The zero-order chi connectivity index (χ0) is 14.6. The van der Waals surface area contributed by atoms with E-state index in [9.17, 15) is 9.59 Å². The molecule has 1 aliphatic rings. The Morgan fingerprint density at radius 3 is 2.58 bits per heavy atom. The monoisotopic (exact) mass is 266 g/mol. The van der Waals surface area contributed by atoms with Gasteiger partial charge in [-0.2, -0.15) is 5.26 Å². The molecule has 1 saturated heterocycles. The molecule has 1 aliphatic heterocycles. The van der Waals surface area contributed by atoms with E-state index in [-0.39, 0.29) is 18.1 Å². The Labute approximate surface area is 114 Å². The number of hydrogen-bond donors (Lipinski definition) is 0. The number of nitriles is 1. The zero-order valence-corrected chi connectivity index (χ0v) is 12.0. The van der Waals surface area contributed by atoms with Gasteiger partial charge in [0.25, 0.3) is 0 Å². The smallest absolute Gasteiger partial charge is 0.410 e. The fourth-order valence-electron chi connectivity index (χ4n) is 2.37. The number of ether oxygens (including phenoxy) is 1. The van der Waals surface area contributed by atoms with Gasteiger partial charge in [-0.15, -0.1) is 0 Å². The summed E-state index contributed by atoms with van der Waals surface area (Å²) in [6, 6.07) is 2.01. The van der Waals surface area contributed by atoms with Gasteiger partial charge in [-0.25, -0.2) is 4.79 Å². The van der Waals surface area contributed by atoms with Crippen LogP contribution >= 0.6 is 0 Å². The summed E-state index contributed by atoms with van der Waals surface area (Å²) >= 11 is 0. The highest BCUT2D eigenvalue weighted by Gasteiger charge is 2.34. The molecule has 1 amide bonds. The molecule has 0 saturated carbocycles. The molecule has 1 heterocycles. The van der Waals surface area contributed by atoms with E-state index in [2.05, 4.69) is 0 Å². The van der Waals surface area contributed by atoms with Crippen molar-refractivity contribution in [2.75, 3.05) is 6.54 Å². The average Bonchev–Trinajstić information content (AvgIpc) is 2.28. The molecular formula is C14H22N2O3. The van der Waals surface area contributed by atoms with Gasteiger partial charge in [0.2, 0.25) is 0 Å². The highest BCUT2D eigenvalue weighted by atomic mass is 16.6. The van der Waals surface area contributed by atoms with Gasteiger partial charge in [-0.1, -0.05) is 0 Å². The molecule has 3 unspecified atom stereocenters. The fourth-order valence-corrected chi connectivity index (χ4v) is 2.37. The first kappa shape index (κ1) is 15.5. The number of nitrogens with zero attached hydrogens (tertiary/aromatic N) is 2. The molecule has 0 aromatic carbocycles. The van der Waals surface area contributed by atoms with E-state index in [1.165, 1.54) is 0 Å². The molecule has 1 rings (SSSR count). The van der Waals surface area contributed by atoms with Crippen molar-refractivity contribution in [1.82, 2.24) is 4.90 Å². The number of likely N-dealkylation sites (tertiary alicyclic amines) is 1. The maximum atomic E-state index is 12.0. The summed E-state index contributed by atoms with van der Waals surface area (Å²) in [6.45, 7) is 7.96. The van der Waals surface area contributed by atoms with Crippen molar-refractivity contribution in [2.45, 2.75) is 52.2 Å². The van der Waals surface area contributed by atoms with Crippen molar-refractivity contribution in [3.63, 3.8) is 0 Å². The Balaban J connectivity index is 2.62. The third kappa shape index (κ3) is 4.23. The van der Waals surface area contributed by atoms with Crippen LogP contribution in [0.1, 0.15) is 40.5 Å². The Morgan fingerprint density at radius 2 is 2.16 bits per heavy atom. The van der Waals surface area contributed by atoms with E-state index in [1.54, 1.807) is 4.90 Å². The lowest BCUT2D eigenvalue weighted by atomic mass is 9.83. The third-order valence-corrected chi connectivity index (χ3v) is 3.35. The average molecular weight is 266 g/mol. The van der Waals surface area contributed by atoms with E-state index < -0.39 is 11.5 Å². The first-order valence-electron chi connectivity index (χ1n) is 6.63. The normalized spacial score (nSPS) is 25.3. The lowest BCUT2D eigenvalue weighted by Gasteiger charge is -2.38. The highest BCUT2D eigenvalue weighted by Crippen LogP contribution is 2.28. The second-order valence-electron chi connectivity index (χ2n) is 6.10. The van der Waals surface area contributed by atoms with Crippen LogP contribution in [0, 0.1) is 23.2 Å². The van der Waals surface area contributed by atoms with E-state index in [1.807, 2.05) is 33.8 Å². The third-order valence-electron chi connectivity index (χ3n) is 3.35. The SMILES string of the molecule is CC1CC(C(C#N)C=O)CCN1C(=O)OC(C)(C)C. The summed E-state index contributed by atoms with van der Waals surface area (Å²) in [7, 11) is 0. The largest absolute Gasteiger partial charge is 0.444 e. The summed E-state index contributed by atoms with van der Waals surface area (Å²) in [5.74, 6) is -0.528. The predicted octanol–water partition coefficient (Wildman–Crippen LogP) is 2.36. The molecular weight excluding hydrogens is 244 g/mol. The van der Waals surface area contributed by atoms with Crippen LogP contribution in [0.3, 0.4) is 0 Å². The molecule has 106 valence electrons. The van der Waals surface area contributed by atoms with Crippen molar-refractivity contribution in [1.29, 1.82) is 5.26 Å². The molecule has 5 nitrogen and oxygen atoms in total. The summed E-state index contributed by atoms with van der Waals surface area (Å²) in [5.41, 5.74) is -0.508. The van der Waals surface area contributed by atoms with E-state index >= 15 is 0 Å². The Hall–Kier alpha value is -1.57. The fraction of sp³-hybridized carbons (Fsp3) is 0.786. The first-order valence-corrected chi connectivity index (χ1v) is 6.63. The number of hydrogen-bond acceptors (Lipinski definition) is 4. The van der Waals surface area contributed by atoms with Crippen LogP contribution in [0.25, 0.3) is 0 Å². The zero-order valence-electron chi connectivity index (χ0n) is 12.0. The highest BCUT2D eigenvalue weighted by molar-refractivity contribution is 5.68. The molecule has 3 atom stereocenters. The molecule has 0 spiro atoms. The van der Waals surface area contributed by atoms with Gasteiger partial charge in [-0.3, -0.25) is 0 Å². The summed E-state index contributed by atoms with van der Waals surface area (Å²) in [6.07, 6.45) is 1.72. The lowest BCUT2D eigenvalue weighted by Crippen LogP contribution is -2.47. The Bertz CT molecular complexity index is 381. The van der Waals surface area contributed by atoms with Crippen molar-refractivity contribution in [3.8, 4) is 6.07 Å². The summed E-state index contributed by atoms with van der Waals surface area (Å²) < 4.78 is 5.35. The van der Waals surface area contributed by atoms with Crippen molar-refractivity contribution in [2.24, 2.45) is 11.8 Å². The quantitative estimate of drug-likeness (QED) is 0.719. The lowest BCUT2D eigenvalue weighted by molar-refractivity contribution is -0.111. The van der Waals surface area contributed by atoms with Gasteiger partial charge in [0, 0.05) is 12.6 Å². The molecule has 19 heavy (non-hydrogen) atoms.